The minimum Gasteiger partial charge on any atom is -0.382 e. The first kappa shape index (κ1) is 13.0. The lowest BCUT2D eigenvalue weighted by Crippen LogP contribution is -1.91. The Hall–Kier alpha value is -1.98. The molecule has 102 valence electrons. The van der Waals surface area contributed by atoms with Gasteiger partial charge in [-0.05, 0) is 66.2 Å². The number of aromatic nitrogens is 2. The molecule has 5 heteroatoms. The third-order valence-electron chi connectivity index (χ3n) is 3.64. The van der Waals surface area contributed by atoms with Crippen LogP contribution in [0.1, 0.15) is 11.1 Å². The predicted molar refractivity (Wildman–Crippen MR) is 85.5 cm³/mol. The molecule has 3 aromatic rings. The third kappa shape index (κ3) is 1.95. The van der Waals surface area contributed by atoms with Crippen molar-refractivity contribution in [3.8, 4) is 11.1 Å². The van der Waals surface area contributed by atoms with Crippen LogP contribution in [0.3, 0.4) is 0 Å². The van der Waals surface area contributed by atoms with Gasteiger partial charge in [-0.15, -0.1) is 0 Å². The fourth-order valence-electron chi connectivity index (χ4n) is 2.61. The van der Waals surface area contributed by atoms with Crippen molar-refractivity contribution in [2.75, 3.05) is 5.73 Å². The molecule has 0 unspecified atom stereocenters. The van der Waals surface area contributed by atoms with Gasteiger partial charge in [-0.25, -0.2) is 0 Å². The Morgan fingerprint density at radius 3 is 2.55 bits per heavy atom. The number of hydrogen-bond donors (Lipinski definition) is 3. The Labute approximate surface area is 121 Å². The minimum absolute atomic E-state index is 0.547. The molecule has 3 rings (SSSR count). The number of aromatic amines is 1. The van der Waals surface area contributed by atoms with Gasteiger partial charge in [-0.1, -0.05) is 12.1 Å². The van der Waals surface area contributed by atoms with Gasteiger partial charge < -0.3 is 5.73 Å². The average Bonchev–Trinajstić information content (AvgIpc) is 2.82. The number of hydrogen-bond acceptors (Lipinski definition) is 4. The number of nitrogens with zero attached hydrogens (tertiary/aromatic N) is 1. The number of fused-ring (bicyclic) bond motifs is 1. The number of anilines is 1. The van der Waals surface area contributed by atoms with Crippen LogP contribution in [0.4, 0.5) is 5.82 Å². The van der Waals surface area contributed by atoms with E-state index in [1.165, 1.54) is 28.6 Å². The molecule has 0 saturated carbocycles. The monoisotopic (exact) mass is 284 g/mol. The van der Waals surface area contributed by atoms with E-state index in [4.69, 9.17) is 10.9 Å². The summed E-state index contributed by atoms with van der Waals surface area (Å²) < 4.78 is 0. The summed E-state index contributed by atoms with van der Waals surface area (Å²) in [5.41, 5.74) is 11.6. The number of benzene rings is 2. The van der Waals surface area contributed by atoms with Crippen molar-refractivity contribution in [3.63, 3.8) is 0 Å². The summed E-state index contributed by atoms with van der Waals surface area (Å²) in [6, 6.07) is 10.4. The second kappa shape index (κ2) is 4.85. The molecule has 1 heterocycles. The van der Waals surface area contributed by atoms with Crippen molar-refractivity contribution in [2.24, 2.45) is 5.14 Å². The van der Waals surface area contributed by atoms with Crippen molar-refractivity contribution in [1.82, 2.24) is 10.2 Å². The van der Waals surface area contributed by atoms with Crippen LogP contribution >= 0.6 is 11.9 Å². The molecular weight excluding hydrogens is 268 g/mol. The Morgan fingerprint density at radius 2 is 1.85 bits per heavy atom. The van der Waals surface area contributed by atoms with Crippen molar-refractivity contribution >= 4 is 28.7 Å². The number of aryl methyl sites for hydroxylation is 2. The van der Waals surface area contributed by atoms with Gasteiger partial charge in [-0.3, -0.25) is 10.2 Å². The first-order valence-electron chi connectivity index (χ1n) is 6.32. The van der Waals surface area contributed by atoms with E-state index in [0.29, 0.717) is 5.82 Å². The van der Waals surface area contributed by atoms with Crippen LogP contribution in [-0.2, 0) is 0 Å². The molecule has 5 N–H and O–H groups in total. The normalized spacial score (nSPS) is 11.2. The Bertz CT molecular complexity index is 792. The summed E-state index contributed by atoms with van der Waals surface area (Å²) in [5.74, 6) is 0.547. The zero-order chi connectivity index (χ0) is 14.3. The number of H-pyrrole nitrogens is 1. The molecule has 0 amide bonds. The van der Waals surface area contributed by atoms with Crippen LogP contribution in [0, 0.1) is 13.8 Å². The van der Waals surface area contributed by atoms with E-state index in [2.05, 4.69) is 42.2 Å². The highest BCUT2D eigenvalue weighted by Gasteiger charge is 2.12. The van der Waals surface area contributed by atoms with Crippen molar-refractivity contribution in [1.29, 1.82) is 0 Å². The summed E-state index contributed by atoms with van der Waals surface area (Å²) in [6.07, 6.45) is 0. The van der Waals surface area contributed by atoms with Gasteiger partial charge in [0.25, 0.3) is 0 Å². The highest BCUT2D eigenvalue weighted by Crippen LogP contribution is 2.34. The standard InChI is InChI=1S/C15H16N4S/c1-8-7-10(20-17)3-4-11(8)12-5-6-13-14(9(12)2)15(16)19-18-13/h3-7H,17H2,1-2H3,(H3,16,18,19). The molecule has 1 aromatic heterocycles. The van der Waals surface area contributed by atoms with Gasteiger partial charge >= 0.3 is 0 Å². The number of nitrogen functional groups attached to an aromatic ring is 1. The summed E-state index contributed by atoms with van der Waals surface area (Å²) in [5, 5.41) is 13.6. The molecule has 2 aromatic carbocycles. The molecule has 20 heavy (non-hydrogen) atoms. The van der Waals surface area contributed by atoms with Gasteiger partial charge in [-0.2, -0.15) is 5.10 Å². The topological polar surface area (TPSA) is 80.7 Å². The molecule has 0 aliphatic heterocycles. The maximum Gasteiger partial charge on any atom is 0.153 e. The maximum atomic E-state index is 5.95. The molecule has 4 nitrogen and oxygen atoms in total. The van der Waals surface area contributed by atoms with Crippen LogP contribution in [0.5, 0.6) is 0 Å². The minimum atomic E-state index is 0.547. The molecule has 0 aliphatic rings. The lowest BCUT2D eigenvalue weighted by atomic mass is 9.94. The van der Waals surface area contributed by atoms with E-state index < -0.39 is 0 Å². The maximum absolute atomic E-state index is 5.95. The Balaban J connectivity index is 2.24. The summed E-state index contributed by atoms with van der Waals surface area (Å²) >= 11 is 1.26. The Morgan fingerprint density at radius 1 is 1.10 bits per heavy atom. The largest absolute Gasteiger partial charge is 0.382 e. The molecule has 0 atom stereocenters. The summed E-state index contributed by atoms with van der Waals surface area (Å²) in [4.78, 5) is 1.06. The Kier molecular flexibility index (Phi) is 3.16. The first-order chi connectivity index (χ1) is 9.61. The van der Waals surface area contributed by atoms with E-state index in [1.807, 2.05) is 12.1 Å². The van der Waals surface area contributed by atoms with Crippen LogP contribution in [0.2, 0.25) is 0 Å². The molecular formula is C15H16N4S. The van der Waals surface area contributed by atoms with E-state index >= 15 is 0 Å². The lowest BCUT2D eigenvalue weighted by molar-refractivity contribution is 1.13. The summed E-state index contributed by atoms with van der Waals surface area (Å²) in [7, 11) is 0. The predicted octanol–water partition coefficient (Wildman–Crippen LogP) is 3.39. The van der Waals surface area contributed by atoms with Crippen molar-refractivity contribution < 1.29 is 0 Å². The molecule has 0 saturated heterocycles. The van der Waals surface area contributed by atoms with Crippen LogP contribution in [0.25, 0.3) is 22.0 Å². The number of nitrogens with one attached hydrogen (secondary N) is 1. The highest BCUT2D eigenvalue weighted by atomic mass is 32.2. The quantitative estimate of drug-likeness (QED) is 0.630. The zero-order valence-electron chi connectivity index (χ0n) is 11.4. The molecule has 0 radical (unpaired) electrons. The highest BCUT2D eigenvalue weighted by molar-refractivity contribution is 7.97. The summed E-state index contributed by atoms with van der Waals surface area (Å²) in [6.45, 7) is 4.17. The zero-order valence-corrected chi connectivity index (χ0v) is 12.2. The van der Waals surface area contributed by atoms with Gasteiger partial charge in [0.2, 0.25) is 0 Å². The van der Waals surface area contributed by atoms with E-state index in [9.17, 15) is 0 Å². The SMILES string of the molecule is Cc1cc(SN)ccc1-c1ccc2[nH]nc(N)c2c1C. The fraction of sp³-hybridized carbons (Fsp3) is 0.133. The van der Waals surface area contributed by atoms with Gasteiger partial charge in [0.1, 0.15) is 0 Å². The molecule has 0 spiro atoms. The second-order valence-corrected chi connectivity index (χ2v) is 5.57. The lowest BCUT2D eigenvalue weighted by Gasteiger charge is -2.11. The smallest absolute Gasteiger partial charge is 0.153 e. The third-order valence-corrected chi connectivity index (χ3v) is 4.17. The van der Waals surface area contributed by atoms with Gasteiger partial charge in [0.05, 0.1) is 5.52 Å². The van der Waals surface area contributed by atoms with Crippen LogP contribution in [-0.4, -0.2) is 10.2 Å². The van der Waals surface area contributed by atoms with Gasteiger partial charge in [0.15, 0.2) is 5.82 Å². The number of rotatable bonds is 2. The molecule has 0 fully saturated rings. The second-order valence-electron chi connectivity index (χ2n) is 4.86. The van der Waals surface area contributed by atoms with E-state index in [-0.39, 0.29) is 0 Å². The van der Waals surface area contributed by atoms with Gasteiger partial charge in [0, 0.05) is 10.3 Å². The molecule has 0 bridgehead atoms. The van der Waals surface area contributed by atoms with E-state index in [0.717, 1.165) is 21.4 Å². The van der Waals surface area contributed by atoms with Crippen molar-refractivity contribution in [3.05, 3.63) is 41.5 Å². The molecule has 0 aliphatic carbocycles. The van der Waals surface area contributed by atoms with Crippen LogP contribution in [0.15, 0.2) is 35.2 Å². The number of nitrogens with two attached hydrogens (primary N) is 2. The fourth-order valence-corrected chi connectivity index (χ4v) is 3.01. The van der Waals surface area contributed by atoms with Crippen molar-refractivity contribution in [2.45, 2.75) is 18.7 Å². The van der Waals surface area contributed by atoms with E-state index in [1.54, 1.807) is 0 Å². The average molecular weight is 284 g/mol. The van der Waals surface area contributed by atoms with Crippen LogP contribution < -0.4 is 10.9 Å². The first-order valence-corrected chi connectivity index (χ1v) is 7.20.